The molecule has 26 heteroatoms. The van der Waals surface area contributed by atoms with Crippen LogP contribution in [0.4, 0.5) is 22.7 Å². The summed E-state index contributed by atoms with van der Waals surface area (Å²) >= 11 is 6.81. The van der Waals surface area contributed by atoms with Crippen molar-refractivity contribution in [3.05, 3.63) is 145 Å². The Labute approximate surface area is 705 Å². The van der Waals surface area contributed by atoms with Crippen molar-refractivity contribution in [2.45, 2.75) is 237 Å². The summed E-state index contributed by atoms with van der Waals surface area (Å²) in [5.41, 5.74) is 4.26. The van der Waals surface area contributed by atoms with Crippen molar-refractivity contribution >= 4 is 158 Å². The van der Waals surface area contributed by atoms with E-state index >= 15 is 0 Å². The van der Waals surface area contributed by atoms with Crippen LogP contribution in [0.2, 0.25) is 77.6 Å². The quantitative estimate of drug-likeness (QED) is 0.00777. The number of anilines is 2. The number of carbonyl (C=O) groups is 6. The van der Waals surface area contributed by atoms with E-state index < -0.39 is 84.2 Å². The first-order valence-electron chi connectivity index (χ1n) is 39.6. The molecule has 4 heterocycles. The molecular weight excluding hydrogens is 1650 g/mol. The van der Waals surface area contributed by atoms with Gasteiger partial charge in [0.1, 0.15) is 43.5 Å². The molecule has 6 aromatic carbocycles. The van der Waals surface area contributed by atoms with Crippen LogP contribution in [-0.4, -0.2) is 143 Å². The van der Waals surface area contributed by atoms with Gasteiger partial charge in [-0.25, -0.2) is 9.59 Å². The van der Waals surface area contributed by atoms with Crippen LogP contribution in [0.25, 0.3) is 21.5 Å². The first-order valence-corrected chi connectivity index (χ1v) is 54.4. The number of fused-ring (bicyclic) bond motifs is 8. The summed E-state index contributed by atoms with van der Waals surface area (Å²) in [6.45, 7) is 50.0. The zero-order valence-electron chi connectivity index (χ0n) is 71.2. The lowest BCUT2D eigenvalue weighted by molar-refractivity contribution is -0.152. The molecule has 10 rings (SSSR count). The number of benzene rings is 6. The van der Waals surface area contributed by atoms with E-state index in [1.165, 1.54) is 17.2 Å². The van der Waals surface area contributed by atoms with Gasteiger partial charge in [0.2, 0.25) is 11.4 Å². The molecule has 6 unspecified atom stereocenters. The third kappa shape index (κ3) is 24.6. The van der Waals surface area contributed by atoms with E-state index in [1.54, 1.807) is 45.9 Å². The van der Waals surface area contributed by atoms with Crippen molar-refractivity contribution in [1.29, 1.82) is 0 Å². The van der Waals surface area contributed by atoms with Gasteiger partial charge >= 0.3 is 35.8 Å². The normalized spacial score (nSPS) is 17.8. The standard InChI is InChI=1S/C44H61BrN2O8Si2.C25H23BrN2O3.C12H26O3Si2.C7H12O2.CH4/c1-12-13-23-51-40(49)32(28-43(5,45)41(50)52-24-16-25-57(10,11)55-56(7,8)9)26-30(2)39(48)53-33-21-19-31-20-22-37-38(34(31)27-33)46-29-44(54-37)42(3,4)35-17-14-15-18-36(35)47(44)6;1-15(26)23(29)30-17-11-9-16-10-12-21-22(18(16)13-17)27-14-25(31-21)24(2,3)19-7-5-6-8-20(19)28(25)4;1-11(2)12(13)14-9-8-10-17(6,7)15-16(3,4)5;1-3-5-6-9-7(8)4-2;/h14-15,17-22,27,29-30,32H,12-13,16,23-26,28H2,1-11H3;5-15H,1-4H3;1,8-10H2,2-7H3;4H,2-3,5-6H2,1H3;1H4. The van der Waals surface area contributed by atoms with Crippen LogP contribution in [0.15, 0.2) is 144 Å². The van der Waals surface area contributed by atoms with Crippen LogP contribution in [-0.2, 0) is 66.8 Å². The Kier molecular flexibility index (Phi) is 33.7. The summed E-state index contributed by atoms with van der Waals surface area (Å²) in [6.07, 6.45) is 10.3. The number of hydrogen-bond acceptors (Lipinski definition) is 20. The Morgan fingerprint density at radius 1 is 0.583 bits per heavy atom. The molecule has 0 aliphatic carbocycles. The maximum atomic E-state index is 13.6. The minimum atomic E-state index is -1.87. The molecule has 628 valence electrons. The number of alkyl halides is 2. The van der Waals surface area contributed by atoms with Crippen molar-refractivity contribution in [1.82, 2.24) is 0 Å². The van der Waals surface area contributed by atoms with Gasteiger partial charge in [-0.3, -0.25) is 29.2 Å². The predicted octanol–water partition coefficient (Wildman–Crippen LogP) is 21.9. The molecule has 0 saturated carbocycles. The molecule has 0 saturated heterocycles. The lowest BCUT2D eigenvalue weighted by Gasteiger charge is -2.45. The average molecular weight is 1780 g/mol. The Morgan fingerprint density at radius 2 is 0.991 bits per heavy atom. The number of rotatable bonds is 30. The number of likely N-dealkylation sites (N-methyl/N-ethyl adjacent to an activating group) is 2. The zero-order chi connectivity index (χ0) is 84.7. The van der Waals surface area contributed by atoms with Crippen molar-refractivity contribution in [2.24, 2.45) is 21.8 Å². The van der Waals surface area contributed by atoms with Gasteiger partial charge in [-0.1, -0.05) is 147 Å². The third-order valence-corrected chi connectivity index (χ3v) is 33.9. The van der Waals surface area contributed by atoms with E-state index in [-0.39, 0.29) is 61.6 Å². The van der Waals surface area contributed by atoms with E-state index in [4.69, 9.17) is 51.4 Å². The Hall–Kier alpha value is -7.57. The minimum Gasteiger partial charge on any atom is -0.465 e. The fraction of sp³-hybridized carbons (Fsp3) is 0.506. The highest BCUT2D eigenvalue weighted by Gasteiger charge is 2.60. The maximum absolute atomic E-state index is 13.6. The van der Waals surface area contributed by atoms with Crippen LogP contribution in [0, 0.1) is 11.8 Å². The third-order valence-electron chi connectivity index (χ3n) is 20.5. The maximum Gasteiger partial charge on any atom is 0.333 e. The van der Waals surface area contributed by atoms with Crippen molar-refractivity contribution in [3.8, 4) is 23.0 Å². The summed E-state index contributed by atoms with van der Waals surface area (Å²) in [4.78, 5) is 87.7. The summed E-state index contributed by atoms with van der Waals surface area (Å²) in [5, 5.41) is 3.59. The number of carbonyl (C=O) groups excluding carboxylic acids is 6. The molecule has 4 aliphatic rings. The lowest BCUT2D eigenvalue weighted by Crippen LogP contribution is -2.61. The SMILES string of the molecule is C.C=C(C)C(=O)OCCC[Si](C)(C)O[Si](C)(C)C.C=CC(=O)OCCCC.CC(Br)C(=O)Oc1ccc2ccc3c(c2c1)N=CC1(O3)N(C)c2ccccc2C1(C)C.CCCCOC(=O)C(CC(C)C(=O)Oc1ccc2ccc3c(c2c1)N=CC1(O3)N(C)c2ccccc2C1(C)C)CC(C)(Br)C(=O)OCCC[Si](C)(C)O[Si](C)(C)C. The molecule has 0 bridgehead atoms. The number of nitrogens with zero attached hydrogens (tertiary/aromatic N) is 4. The Morgan fingerprint density at radius 3 is 1.40 bits per heavy atom. The molecular formula is C89H126Br2N4O16Si4. The largest absolute Gasteiger partial charge is 0.465 e. The summed E-state index contributed by atoms with van der Waals surface area (Å²) in [6, 6.07) is 37.5. The molecule has 0 amide bonds. The van der Waals surface area contributed by atoms with Crippen molar-refractivity contribution in [2.75, 3.05) is 50.3 Å². The smallest absolute Gasteiger partial charge is 0.333 e. The first-order chi connectivity index (χ1) is 53.2. The van der Waals surface area contributed by atoms with Crippen molar-refractivity contribution in [3.63, 3.8) is 0 Å². The molecule has 0 fully saturated rings. The van der Waals surface area contributed by atoms with Gasteiger partial charge in [-0.05, 0) is 235 Å². The number of esters is 6. The minimum absolute atomic E-state index is 0. The first kappa shape index (κ1) is 96.3. The number of para-hydroxylation sites is 2. The number of hydrogen-bond donors (Lipinski definition) is 0. The van der Waals surface area contributed by atoms with E-state index in [0.717, 1.165) is 76.4 Å². The number of halogens is 2. The molecule has 6 atom stereocenters. The van der Waals surface area contributed by atoms with Crippen LogP contribution in [0.3, 0.4) is 0 Å². The average Bonchev–Trinajstić information content (AvgIpc) is 1.55. The highest BCUT2D eigenvalue weighted by Crippen LogP contribution is 2.56. The van der Waals surface area contributed by atoms with Gasteiger partial charge in [0.15, 0.2) is 33.3 Å². The van der Waals surface area contributed by atoms with E-state index in [0.29, 0.717) is 60.3 Å². The van der Waals surface area contributed by atoms with Gasteiger partial charge in [0, 0.05) is 47.9 Å². The molecule has 0 N–H and O–H groups in total. The second kappa shape index (κ2) is 40.3. The van der Waals surface area contributed by atoms with Gasteiger partial charge in [-0.15, -0.1) is 0 Å². The monoisotopic (exact) mass is 1780 g/mol. The molecule has 4 aliphatic heterocycles. The molecule has 2 spiro atoms. The highest BCUT2D eigenvalue weighted by atomic mass is 79.9. The molecule has 115 heavy (non-hydrogen) atoms. The van der Waals surface area contributed by atoms with Crippen LogP contribution < -0.4 is 28.7 Å². The number of ether oxygens (including phenoxy) is 8. The topological polar surface area (TPSA) is 226 Å². The van der Waals surface area contributed by atoms with E-state index in [1.807, 2.05) is 101 Å². The van der Waals surface area contributed by atoms with Gasteiger partial charge in [0.25, 0.3) is 0 Å². The highest BCUT2D eigenvalue weighted by molar-refractivity contribution is 9.10. The predicted molar refractivity (Wildman–Crippen MR) is 484 cm³/mol. The number of unbranched alkanes of at least 4 members (excludes halogenated alkanes) is 2. The van der Waals surface area contributed by atoms with Crippen molar-refractivity contribution < 1.29 is 74.9 Å². The fourth-order valence-electron chi connectivity index (χ4n) is 14.8. The van der Waals surface area contributed by atoms with E-state index in [9.17, 15) is 28.8 Å². The Balaban J connectivity index is 0.000000293. The molecule has 0 aromatic heterocycles. The van der Waals surface area contributed by atoms with Gasteiger partial charge in [0.05, 0.1) is 61.5 Å². The lowest BCUT2D eigenvalue weighted by atomic mass is 9.77. The second-order valence-corrected chi connectivity index (χ2v) is 55.5. The summed E-state index contributed by atoms with van der Waals surface area (Å²) < 4.78 is 57.5. The second-order valence-electron chi connectivity index (χ2n) is 34.3. The Bertz CT molecular complexity index is 4510. The molecule has 0 radical (unpaired) electrons. The molecule has 6 aromatic rings. The number of aliphatic imine (C=N–C) groups is 2. The van der Waals surface area contributed by atoms with Crippen LogP contribution >= 0.6 is 31.9 Å². The summed E-state index contributed by atoms with van der Waals surface area (Å²) in [5.74, 6) is -1.64. The molecule has 20 nitrogen and oxygen atoms in total. The van der Waals surface area contributed by atoms with Crippen LogP contribution in [0.1, 0.15) is 139 Å². The summed E-state index contributed by atoms with van der Waals surface area (Å²) in [7, 11) is -2.51. The van der Waals surface area contributed by atoms with Gasteiger partial charge < -0.3 is 55.9 Å². The fourth-order valence-corrected chi connectivity index (χ4v) is 31.4. The van der Waals surface area contributed by atoms with E-state index in [2.05, 4.69) is 183 Å². The zero-order valence-corrected chi connectivity index (χ0v) is 78.4. The van der Waals surface area contributed by atoms with Crippen LogP contribution in [0.5, 0.6) is 23.0 Å². The van der Waals surface area contributed by atoms with Gasteiger partial charge in [-0.2, -0.15) is 0 Å².